The zero-order valence-electron chi connectivity index (χ0n) is 25.5. The SMILES string of the molecule is COc1ccc(/C=C/C(=O)N2C[C@@H]3C[C@@H](NC4CCOCC4OC)C[C@]3(C(=O)N3CCc4ncc(C(F)(F)F)cc4C3)C2)cc1. The maximum Gasteiger partial charge on any atom is 0.417 e. The number of likely N-dealkylation sites (tertiary alicyclic amines) is 1. The topological polar surface area (TPSA) is 93.2 Å². The molecule has 3 aliphatic heterocycles. The number of methoxy groups -OCH3 is 2. The number of pyridine rings is 1. The molecule has 1 aliphatic carbocycles. The molecule has 5 atom stereocenters. The van der Waals surface area contributed by atoms with Crippen LogP contribution < -0.4 is 10.1 Å². The van der Waals surface area contributed by atoms with Crippen LogP contribution in [0.5, 0.6) is 5.75 Å². The molecule has 1 saturated carbocycles. The van der Waals surface area contributed by atoms with Crippen LogP contribution >= 0.6 is 0 Å². The molecule has 1 aromatic carbocycles. The number of fused-ring (bicyclic) bond motifs is 2. The van der Waals surface area contributed by atoms with Crippen LogP contribution in [0.2, 0.25) is 0 Å². The first-order chi connectivity index (χ1) is 21.6. The van der Waals surface area contributed by atoms with E-state index in [4.69, 9.17) is 14.2 Å². The van der Waals surface area contributed by atoms with Crippen molar-refractivity contribution in [1.29, 1.82) is 0 Å². The molecule has 4 heterocycles. The molecule has 2 saturated heterocycles. The number of aromatic nitrogens is 1. The Morgan fingerprint density at radius 2 is 1.98 bits per heavy atom. The second kappa shape index (κ2) is 12.7. The minimum atomic E-state index is -4.52. The number of benzene rings is 1. The van der Waals surface area contributed by atoms with E-state index in [9.17, 15) is 22.8 Å². The number of halogens is 3. The van der Waals surface area contributed by atoms with Gasteiger partial charge in [0.15, 0.2) is 0 Å². The van der Waals surface area contributed by atoms with E-state index in [0.717, 1.165) is 30.0 Å². The third kappa shape index (κ3) is 6.45. The van der Waals surface area contributed by atoms with Crippen LogP contribution in [0, 0.1) is 11.3 Å². The zero-order chi connectivity index (χ0) is 31.8. The van der Waals surface area contributed by atoms with Gasteiger partial charge in [-0.1, -0.05) is 12.1 Å². The number of alkyl halides is 3. The minimum absolute atomic E-state index is 0.0300. The van der Waals surface area contributed by atoms with Crippen molar-refractivity contribution in [3.63, 3.8) is 0 Å². The quantitative estimate of drug-likeness (QED) is 0.468. The first kappa shape index (κ1) is 31.5. The number of amides is 2. The largest absolute Gasteiger partial charge is 0.497 e. The lowest BCUT2D eigenvalue weighted by molar-refractivity contribution is -0.144. The highest BCUT2D eigenvalue weighted by molar-refractivity contribution is 5.93. The Morgan fingerprint density at radius 3 is 2.71 bits per heavy atom. The third-order valence-electron chi connectivity index (χ3n) is 9.86. The minimum Gasteiger partial charge on any atom is -0.497 e. The van der Waals surface area contributed by atoms with Gasteiger partial charge in [-0.05, 0) is 60.6 Å². The summed E-state index contributed by atoms with van der Waals surface area (Å²) in [6, 6.07) is 8.59. The van der Waals surface area contributed by atoms with E-state index in [1.165, 1.54) is 6.08 Å². The number of hydrogen-bond donors (Lipinski definition) is 1. The number of nitrogens with zero attached hydrogens (tertiary/aromatic N) is 3. The van der Waals surface area contributed by atoms with Gasteiger partial charge in [0, 0.05) is 76.4 Å². The lowest BCUT2D eigenvalue weighted by Crippen LogP contribution is -2.52. The summed E-state index contributed by atoms with van der Waals surface area (Å²) in [6.07, 6.45) is 1.93. The molecular weight excluding hydrogens is 589 g/mol. The molecule has 1 aromatic heterocycles. The molecule has 0 radical (unpaired) electrons. The summed E-state index contributed by atoms with van der Waals surface area (Å²) in [7, 11) is 3.26. The molecule has 45 heavy (non-hydrogen) atoms. The molecule has 2 aromatic rings. The molecule has 2 unspecified atom stereocenters. The highest BCUT2D eigenvalue weighted by Crippen LogP contribution is 2.51. The summed E-state index contributed by atoms with van der Waals surface area (Å²) >= 11 is 0. The van der Waals surface area contributed by atoms with E-state index in [-0.39, 0.29) is 49.0 Å². The molecule has 0 spiro atoms. The van der Waals surface area contributed by atoms with Gasteiger partial charge in [0.25, 0.3) is 0 Å². The normalized spacial score (nSPS) is 28.3. The van der Waals surface area contributed by atoms with E-state index in [1.807, 2.05) is 24.3 Å². The van der Waals surface area contributed by atoms with Crippen LogP contribution in [-0.4, -0.2) is 91.9 Å². The number of carbonyl (C=O) groups is 2. The van der Waals surface area contributed by atoms with Gasteiger partial charge in [-0.15, -0.1) is 0 Å². The summed E-state index contributed by atoms with van der Waals surface area (Å²) < 4.78 is 56.8. The van der Waals surface area contributed by atoms with Crippen molar-refractivity contribution in [3.05, 3.63) is 65.0 Å². The van der Waals surface area contributed by atoms with Crippen molar-refractivity contribution in [2.75, 3.05) is 47.1 Å². The van der Waals surface area contributed by atoms with Crippen LogP contribution in [0.4, 0.5) is 13.2 Å². The van der Waals surface area contributed by atoms with Crippen LogP contribution in [0.3, 0.4) is 0 Å². The molecule has 2 amide bonds. The Kier molecular flexibility index (Phi) is 8.91. The molecule has 1 N–H and O–H groups in total. The van der Waals surface area contributed by atoms with Crippen LogP contribution in [0.1, 0.15) is 41.6 Å². The Morgan fingerprint density at radius 1 is 1.18 bits per heavy atom. The van der Waals surface area contributed by atoms with Crippen molar-refractivity contribution in [2.45, 2.75) is 56.6 Å². The third-order valence-corrected chi connectivity index (χ3v) is 9.86. The van der Waals surface area contributed by atoms with Crippen molar-refractivity contribution >= 4 is 17.9 Å². The number of carbonyl (C=O) groups excluding carboxylic acids is 2. The van der Waals surface area contributed by atoms with E-state index < -0.39 is 17.2 Å². The highest BCUT2D eigenvalue weighted by Gasteiger charge is 2.59. The Balaban J connectivity index is 1.22. The monoisotopic (exact) mass is 628 g/mol. The molecule has 6 rings (SSSR count). The highest BCUT2D eigenvalue weighted by atomic mass is 19.4. The van der Waals surface area contributed by atoms with Crippen molar-refractivity contribution in [1.82, 2.24) is 20.1 Å². The summed E-state index contributed by atoms with van der Waals surface area (Å²) in [5.41, 5.74) is 0.193. The van der Waals surface area contributed by atoms with Gasteiger partial charge in [0.05, 0.1) is 30.8 Å². The fraction of sp³-hybridized carbons (Fsp3) is 0.545. The van der Waals surface area contributed by atoms with Gasteiger partial charge in [-0.3, -0.25) is 14.6 Å². The first-order valence-electron chi connectivity index (χ1n) is 15.4. The summed E-state index contributed by atoms with van der Waals surface area (Å²) in [5.74, 6) is 0.342. The fourth-order valence-electron chi connectivity index (χ4n) is 7.49. The van der Waals surface area contributed by atoms with Crippen LogP contribution in [-0.2, 0) is 38.2 Å². The smallest absolute Gasteiger partial charge is 0.417 e. The van der Waals surface area contributed by atoms with Crippen molar-refractivity contribution in [2.24, 2.45) is 11.3 Å². The predicted octanol–water partition coefficient (Wildman–Crippen LogP) is 3.71. The van der Waals surface area contributed by atoms with Gasteiger partial charge >= 0.3 is 6.18 Å². The second-order valence-electron chi connectivity index (χ2n) is 12.5. The molecule has 12 heteroatoms. The average Bonchev–Trinajstić information content (AvgIpc) is 3.58. The van der Waals surface area contributed by atoms with Crippen LogP contribution in [0.25, 0.3) is 6.08 Å². The molecule has 242 valence electrons. The van der Waals surface area contributed by atoms with E-state index >= 15 is 0 Å². The van der Waals surface area contributed by atoms with E-state index in [0.29, 0.717) is 56.8 Å². The molecule has 4 aliphatic rings. The van der Waals surface area contributed by atoms with Crippen molar-refractivity contribution < 1.29 is 37.0 Å². The predicted molar refractivity (Wildman–Crippen MR) is 159 cm³/mol. The molecule has 3 fully saturated rings. The number of hydrogen-bond acceptors (Lipinski definition) is 7. The average molecular weight is 629 g/mol. The zero-order valence-corrected chi connectivity index (χ0v) is 25.5. The van der Waals surface area contributed by atoms with Gasteiger partial charge in [0.1, 0.15) is 5.75 Å². The first-order valence-corrected chi connectivity index (χ1v) is 15.4. The Bertz CT molecular complexity index is 1430. The van der Waals surface area contributed by atoms with Gasteiger partial charge in [-0.25, -0.2) is 0 Å². The van der Waals surface area contributed by atoms with Crippen LogP contribution in [0.15, 0.2) is 42.6 Å². The second-order valence-corrected chi connectivity index (χ2v) is 12.5. The Labute approximate surface area is 260 Å². The molecular formula is C33H39F3N4O5. The number of nitrogens with one attached hydrogen (secondary N) is 1. The van der Waals surface area contributed by atoms with Gasteiger partial charge in [-0.2, -0.15) is 13.2 Å². The summed E-state index contributed by atoms with van der Waals surface area (Å²) in [6.45, 7) is 2.25. The van der Waals surface area contributed by atoms with Gasteiger partial charge in [0.2, 0.25) is 11.8 Å². The standard InChI is InChI=1S/C33H39F3N4O5/c1-43-26-6-3-21(4-7-26)5-8-30(41)40-18-24-14-25(38-28-10-12-45-19-29(28)44-2)15-32(24,20-40)31(42)39-11-9-27-22(17-39)13-23(16-37-27)33(34,35)36/h3-8,13,16,24-25,28-29,38H,9-12,14-15,17-20H2,1-2H3/b8-5+/t24-,25+,28?,29?,32-/m0/s1. The Hall–Kier alpha value is -3.48. The fourth-order valence-corrected chi connectivity index (χ4v) is 7.49. The van der Waals surface area contributed by atoms with Gasteiger partial charge < -0.3 is 29.3 Å². The summed E-state index contributed by atoms with van der Waals surface area (Å²) in [5, 5.41) is 3.73. The lowest BCUT2D eigenvalue weighted by atomic mass is 9.78. The molecule has 9 nitrogen and oxygen atoms in total. The maximum absolute atomic E-state index is 14.5. The number of ether oxygens (including phenoxy) is 3. The lowest BCUT2D eigenvalue weighted by Gasteiger charge is -2.37. The molecule has 0 bridgehead atoms. The van der Waals surface area contributed by atoms with E-state index in [2.05, 4.69) is 10.3 Å². The maximum atomic E-state index is 14.5. The van der Waals surface area contributed by atoms with Crippen molar-refractivity contribution in [3.8, 4) is 5.75 Å². The summed E-state index contributed by atoms with van der Waals surface area (Å²) in [4.78, 5) is 35.4. The number of rotatable bonds is 7. The van der Waals surface area contributed by atoms with E-state index in [1.54, 1.807) is 30.1 Å².